The Bertz CT molecular complexity index is 679. The molecule has 9 heteroatoms. The monoisotopic (exact) mass is 400 g/mol. The lowest BCUT2D eigenvalue weighted by Crippen LogP contribution is -2.17. The van der Waals surface area contributed by atoms with E-state index in [1.807, 2.05) is 0 Å². The molecule has 23 heavy (non-hydrogen) atoms. The maximum Gasteiger partial charge on any atom is 0.573 e. The van der Waals surface area contributed by atoms with Crippen LogP contribution in [0.2, 0.25) is 0 Å². The molecule has 2 rings (SSSR count). The van der Waals surface area contributed by atoms with Gasteiger partial charge in [-0.25, -0.2) is 0 Å². The van der Waals surface area contributed by atoms with E-state index in [4.69, 9.17) is 0 Å². The third-order valence-corrected chi connectivity index (χ3v) is 2.98. The lowest BCUT2D eigenvalue weighted by Gasteiger charge is -2.12. The summed E-state index contributed by atoms with van der Waals surface area (Å²) in [6, 6.07) is 8.46. The predicted molar refractivity (Wildman–Crippen MR) is 72.9 cm³/mol. The van der Waals surface area contributed by atoms with Crippen LogP contribution in [0.3, 0.4) is 0 Å². The van der Waals surface area contributed by atoms with Crippen LogP contribution >= 0.6 is 15.9 Å². The molecule has 124 valence electrons. The quantitative estimate of drug-likeness (QED) is 0.596. The molecule has 0 saturated carbocycles. The Morgan fingerprint density at radius 1 is 0.652 bits per heavy atom. The first kappa shape index (κ1) is 17.5. The lowest BCUT2D eigenvalue weighted by atomic mass is 10.1. The second kappa shape index (κ2) is 6.31. The normalized spacial score (nSPS) is 12.1. The van der Waals surface area contributed by atoms with Crippen molar-refractivity contribution in [2.24, 2.45) is 0 Å². The molecule has 2 aromatic carbocycles. The van der Waals surface area contributed by atoms with Gasteiger partial charge in [0, 0.05) is 4.47 Å². The van der Waals surface area contributed by atoms with Gasteiger partial charge in [-0.3, -0.25) is 0 Å². The van der Waals surface area contributed by atoms with Crippen LogP contribution in [0.25, 0.3) is 11.1 Å². The van der Waals surface area contributed by atoms with Gasteiger partial charge in [0.2, 0.25) is 0 Å². The average molecular weight is 401 g/mol. The minimum atomic E-state index is -4.84. The van der Waals surface area contributed by atoms with E-state index in [0.717, 1.165) is 24.3 Å². The summed E-state index contributed by atoms with van der Waals surface area (Å²) in [5.74, 6) is -0.875. The molecule has 0 aliphatic carbocycles. The van der Waals surface area contributed by atoms with Crippen LogP contribution in [0.5, 0.6) is 11.5 Å². The van der Waals surface area contributed by atoms with Crippen LogP contribution in [-0.4, -0.2) is 12.7 Å². The molecule has 0 saturated heterocycles. The van der Waals surface area contributed by atoms with Gasteiger partial charge in [0.1, 0.15) is 11.5 Å². The molecule has 2 nitrogen and oxygen atoms in total. The van der Waals surface area contributed by atoms with Gasteiger partial charge < -0.3 is 9.47 Å². The number of halogens is 7. The molecule has 0 unspecified atom stereocenters. The Morgan fingerprint density at radius 3 is 1.70 bits per heavy atom. The van der Waals surface area contributed by atoms with Crippen molar-refractivity contribution < 1.29 is 35.8 Å². The van der Waals surface area contributed by atoms with Gasteiger partial charge in [0.15, 0.2) is 0 Å². The van der Waals surface area contributed by atoms with Gasteiger partial charge >= 0.3 is 12.7 Å². The Hall–Kier alpha value is -1.90. The van der Waals surface area contributed by atoms with E-state index >= 15 is 0 Å². The van der Waals surface area contributed by atoms with Gasteiger partial charge in [-0.15, -0.1) is 26.3 Å². The first-order valence-corrected chi connectivity index (χ1v) is 6.74. The molecule has 0 spiro atoms. The van der Waals surface area contributed by atoms with Crippen LogP contribution in [0, 0.1) is 0 Å². The van der Waals surface area contributed by atoms with Crippen LogP contribution in [0.1, 0.15) is 0 Å². The second-order valence-electron chi connectivity index (χ2n) is 4.30. The average Bonchev–Trinajstić information content (AvgIpc) is 2.34. The zero-order valence-electron chi connectivity index (χ0n) is 11.0. The fourth-order valence-corrected chi connectivity index (χ4v) is 2.24. The Morgan fingerprint density at radius 2 is 1.17 bits per heavy atom. The van der Waals surface area contributed by atoms with Crippen molar-refractivity contribution in [3.8, 4) is 22.6 Å². The third kappa shape index (κ3) is 5.66. The first-order valence-electron chi connectivity index (χ1n) is 5.94. The van der Waals surface area contributed by atoms with Gasteiger partial charge in [-0.05, 0) is 41.5 Å². The summed E-state index contributed by atoms with van der Waals surface area (Å²) >= 11 is 3.05. The highest BCUT2D eigenvalue weighted by Gasteiger charge is 2.32. The lowest BCUT2D eigenvalue weighted by molar-refractivity contribution is -0.275. The standard InChI is InChI=1S/C14H7BrF6O2/c15-10-5-9(6-12(7-10)23-14(19,20)21)8-1-3-11(4-2-8)22-13(16,17)18/h1-7H. The van der Waals surface area contributed by atoms with Crippen LogP contribution in [0.15, 0.2) is 46.9 Å². The molecular weight excluding hydrogens is 394 g/mol. The fourth-order valence-electron chi connectivity index (χ4n) is 1.77. The van der Waals surface area contributed by atoms with Crippen molar-refractivity contribution >= 4 is 15.9 Å². The highest BCUT2D eigenvalue weighted by molar-refractivity contribution is 9.10. The predicted octanol–water partition coefficient (Wildman–Crippen LogP) is 5.91. The molecule has 0 aliphatic heterocycles. The van der Waals surface area contributed by atoms with Gasteiger partial charge in [-0.1, -0.05) is 28.1 Å². The Labute approximate surface area is 134 Å². The number of hydrogen-bond donors (Lipinski definition) is 0. The summed E-state index contributed by atoms with van der Waals surface area (Å²) in [5, 5.41) is 0. The minimum absolute atomic E-state index is 0.324. The summed E-state index contributed by atoms with van der Waals surface area (Å²) in [4.78, 5) is 0. The molecule has 2 aromatic rings. The second-order valence-corrected chi connectivity index (χ2v) is 5.21. The summed E-state index contributed by atoms with van der Waals surface area (Å²) in [7, 11) is 0. The minimum Gasteiger partial charge on any atom is -0.406 e. The molecule has 0 atom stereocenters. The van der Waals surface area contributed by atoms with Gasteiger partial charge in [0.25, 0.3) is 0 Å². The van der Waals surface area contributed by atoms with Crippen LogP contribution < -0.4 is 9.47 Å². The summed E-state index contributed by atoms with van der Waals surface area (Å²) in [6.07, 6.45) is -9.66. The van der Waals surface area contributed by atoms with Gasteiger partial charge in [-0.2, -0.15) is 0 Å². The molecule has 0 fully saturated rings. The van der Waals surface area contributed by atoms with E-state index in [1.54, 1.807) is 0 Å². The third-order valence-electron chi connectivity index (χ3n) is 2.53. The number of benzene rings is 2. The van der Waals surface area contributed by atoms with Gasteiger partial charge in [0.05, 0.1) is 0 Å². The van der Waals surface area contributed by atoms with Crippen LogP contribution in [0.4, 0.5) is 26.3 Å². The van der Waals surface area contributed by atoms with E-state index in [1.165, 1.54) is 18.2 Å². The largest absolute Gasteiger partial charge is 0.573 e. The Kier molecular flexibility index (Phi) is 4.79. The molecule has 0 heterocycles. The maximum atomic E-state index is 12.3. The van der Waals surface area contributed by atoms with E-state index in [0.29, 0.717) is 15.6 Å². The van der Waals surface area contributed by atoms with Crippen molar-refractivity contribution in [2.75, 3.05) is 0 Å². The first-order chi connectivity index (χ1) is 10.5. The number of hydrogen-bond acceptors (Lipinski definition) is 2. The number of alkyl halides is 6. The van der Waals surface area contributed by atoms with E-state index < -0.39 is 24.2 Å². The summed E-state index contributed by atoms with van der Waals surface area (Å²) in [5.41, 5.74) is 0.727. The molecule has 0 aliphatic rings. The van der Waals surface area contributed by atoms with Crippen molar-refractivity contribution in [3.05, 3.63) is 46.9 Å². The molecular formula is C14H7BrF6O2. The summed E-state index contributed by atoms with van der Waals surface area (Å²) in [6.45, 7) is 0. The fraction of sp³-hybridized carbons (Fsp3) is 0.143. The Balaban J connectivity index is 2.28. The van der Waals surface area contributed by atoms with E-state index in [2.05, 4.69) is 25.4 Å². The highest BCUT2D eigenvalue weighted by atomic mass is 79.9. The summed E-state index contributed by atoms with van der Waals surface area (Å²) < 4.78 is 80.9. The molecule has 0 radical (unpaired) electrons. The number of ether oxygens (including phenoxy) is 2. The zero-order chi connectivity index (χ0) is 17.3. The zero-order valence-corrected chi connectivity index (χ0v) is 12.6. The molecule has 0 N–H and O–H groups in total. The van der Waals surface area contributed by atoms with E-state index in [-0.39, 0.29) is 0 Å². The van der Waals surface area contributed by atoms with Crippen LogP contribution in [-0.2, 0) is 0 Å². The van der Waals surface area contributed by atoms with Crippen molar-refractivity contribution in [2.45, 2.75) is 12.7 Å². The highest BCUT2D eigenvalue weighted by Crippen LogP contribution is 2.33. The molecule has 0 bridgehead atoms. The van der Waals surface area contributed by atoms with Crippen molar-refractivity contribution in [1.82, 2.24) is 0 Å². The SMILES string of the molecule is FC(F)(F)Oc1ccc(-c2cc(Br)cc(OC(F)(F)F)c2)cc1. The maximum absolute atomic E-state index is 12.3. The topological polar surface area (TPSA) is 18.5 Å². The number of rotatable bonds is 3. The van der Waals surface area contributed by atoms with Crippen molar-refractivity contribution in [1.29, 1.82) is 0 Å². The van der Waals surface area contributed by atoms with Crippen molar-refractivity contribution in [3.63, 3.8) is 0 Å². The van der Waals surface area contributed by atoms with E-state index in [9.17, 15) is 26.3 Å². The molecule has 0 amide bonds. The molecule has 0 aromatic heterocycles. The smallest absolute Gasteiger partial charge is 0.406 e.